The average molecular weight is 291 g/mol. The molecule has 22 heavy (non-hydrogen) atoms. The quantitative estimate of drug-likeness (QED) is 0.723. The maximum absolute atomic E-state index is 11.4. The predicted octanol–water partition coefficient (Wildman–Crippen LogP) is 2.40. The van der Waals surface area contributed by atoms with Gasteiger partial charge in [-0.25, -0.2) is 9.97 Å². The van der Waals surface area contributed by atoms with Gasteiger partial charge in [-0.05, 0) is 24.3 Å². The number of rotatable bonds is 3. The number of nitrogen functional groups attached to an aromatic ring is 1. The first-order chi connectivity index (χ1) is 10.7. The molecule has 1 amide bonds. The van der Waals surface area contributed by atoms with E-state index < -0.39 is 0 Å². The molecule has 3 N–H and O–H groups in total. The number of pyridine rings is 1. The molecule has 6 heteroatoms. The number of fused-ring (bicyclic) bond motifs is 1. The molecular weight excluding hydrogens is 278 g/mol. The molecule has 108 valence electrons. The fourth-order valence-corrected chi connectivity index (χ4v) is 2.06. The summed E-state index contributed by atoms with van der Waals surface area (Å²) in [5.41, 5.74) is 8.60. The van der Waals surface area contributed by atoms with E-state index in [9.17, 15) is 4.79 Å². The molecule has 2 aromatic heterocycles. The number of nitrogens with zero attached hydrogens (tertiary/aromatic N) is 3. The van der Waals surface area contributed by atoms with Crippen LogP contribution in [0.4, 0.5) is 11.6 Å². The number of amides is 1. The third-order valence-electron chi connectivity index (χ3n) is 3.11. The molecule has 0 radical (unpaired) electrons. The molecular formula is C16H13N5O. The molecule has 0 aliphatic heterocycles. The van der Waals surface area contributed by atoms with Gasteiger partial charge in [0, 0.05) is 29.0 Å². The zero-order chi connectivity index (χ0) is 15.5. The molecule has 0 unspecified atom stereocenters. The lowest BCUT2D eigenvalue weighted by atomic mass is 10.1. The van der Waals surface area contributed by atoms with Crippen molar-refractivity contribution in [3.63, 3.8) is 0 Å². The van der Waals surface area contributed by atoms with E-state index in [1.807, 2.05) is 18.2 Å². The number of aromatic nitrogens is 3. The molecule has 0 spiro atoms. The van der Waals surface area contributed by atoms with Crippen molar-refractivity contribution in [1.82, 2.24) is 15.0 Å². The number of carbonyl (C=O) groups is 1. The van der Waals surface area contributed by atoms with E-state index in [0.717, 1.165) is 22.2 Å². The number of carbonyl (C=O) groups excluding carboxylic acids is 1. The summed E-state index contributed by atoms with van der Waals surface area (Å²) in [5, 5.41) is 3.60. The van der Waals surface area contributed by atoms with E-state index in [0.29, 0.717) is 5.69 Å². The standard InChI is InChI=1S/C16H13N5O/c1-2-15(22)20-12-5-6-18-13(8-12)10-3-4-11-9-19-16(17)21-14(11)7-10/h2-9H,1H2,(H2,17,19,21)(H,18,20,22). The van der Waals surface area contributed by atoms with E-state index in [2.05, 4.69) is 26.8 Å². The highest BCUT2D eigenvalue weighted by molar-refractivity contribution is 5.99. The maximum atomic E-state index is 11.4. The zero-order valence-electron chi connectivity index (χ0n) is 11.7. The number of nitrogens with one attached hydrogen (secondary N) is 1. The highest BCUT2D eigenvalue weighted by Gasteiger charge is 2.05. The Kier molecular flexibility index (Phi) is 3.49. The Morgan fingerprint density at radius 2 is 2.09 bits per heavy atom. The minimum atomic E-state index is -0.267. The van der Waals surface area contributed by atoms with Crippen LogP contribution in [-0.4, -0.2) is 20.9 Å². The monoisotopic (exact) mass is 291 g/mol. The Labute approximate surface area is 126 Å². The van der Waals surface area contributed by atoms with Gasteiger partial charge in [0.1, 0.15) is 0 Å². The highest BCUT2D eigenvalue weighted by atomic mass is 16.1. The second-order valence-corrected chi connectivity index (χ2v) is 4.62. The number of benzene rings is 1. The lowest BCUT2D eigenvalue weighted by molar-refractivity contribution is -0.111. The van der Waals surface area contributed by atoms with Crippen LogP contribution in [0.1, 0.15) is 0 Å². The SMILES string of the molecule is C=CC(=O)Nc1ccnc(-c2ccc3cnc(N)nc3c2)c1. The predicted molar refractivity (Wildman–Crippen MR) is 86.0 cm³/mol. The van der Waals surface area contributed by atoms with Gasteiger partial charge in [-0.3, -0.25) is 9.78 Å². The largest absolute Gasteiger partial charge is 0.368 e. The van der Waals surface area contributed by atoms with Gasteiger partial charge in [0.25, 0.3) is 0 Å². The van der Waals surface area contributed by atoms with Crippen molar-refractivity contribution < 1.29 is 4.79 Å². The van der Waals surface area contributed by atoms with Crippen LogP contribution in [0.25, 0.3) is 22.2 Å². The van der Waals surface area contributed by atoms with Gasteiger partial charge in [0.15, 0.2) is 0 Å². The smallest absolute Gasteiger partial charge is 0.247 e. The van der Waals surface area contributed by atoms with Crippen LogP contribution in [0.5, 0.6) is 0 Å². The molecule has 2 heterocycles. The van der Waals surface area contributed by atoms with Crippen LogP contribution in [0.3, 0.4) is 0 Å². The number of hydrogen-bond donors (Lipinski definition) is 2. The van der Waals surface area contributed by atoms with Gasteiger partial charge in [0.2, 0.25) is 11.9 Å². The Bertz CT molecular complexity index is 875. The highest BCUT2D eigenvalue weighted by Crippen LogP contribution is 2.24. The second-order valence-electron chi connectivity index (χ2n) is 4.62. The molecule has 1 aromatic carbocycles. The molecule has 0 fully saturated rings. The van der Waals surface area contributed by atoms with E-state index in [1.54, 1.807) is 24.5 Å². The van der Waals surface area contributed by atoms with Crippen molar-refractivity contribution in [2.75, 3.05) is 11.1 Å². The zero-order valence-corrected chi connectivity index (χ0v) is 11.7. The van der Waals surface area contributed by atoms with E-state index >= 15 is 0 Å². The van der Waals surface area contributed by atoms with Crippen molar-refractivity contribution in [2.45, 2.75) is 0 Å². The maximum Gasteiger partial charge on any atom is 0.247 e. The Morgan fingerprint density at radius 3 is 2.91 bits per heavy atom. The minimum absolute atomic E-state index is 0.226. The van der Waals surface area contributed by atoms with Gasteiger partial charge in [-0.15, -0.1) is 0 Å². The van der Waals surface area contributed by atoms with Crippen molar-refractivity contribution in [3.8, 4) is 11.3 Å². The van der Waals surface area contributed by atoms with Crippen LogP contribution < -0.4 is 11.1 Å². The lowest BCUT2D eigenvalue weighted by Crippen LogP contribution is -2.07. The summed E-state index contributed by atoms with van der Waals surface area (Å²) in [7, 11) is 0. The van der Waals surface area contributed by atoms with Crippen LogP contribution in [0, 0.1) is 0 Å². The first-order valence-electron chi connectivity index (χ1n) is 6.58. The Morgan fingerprint density at radius 1 is 1.23 bits per heavy atom. The summed E-state index contributed by atoms with van der Waals surface area (Å²) in [6.45, 7) is 3.43. The van der Waals surface area contributed by atoms with Gasteiger partial charge >= 0.3 is 0 Å². The van der Waals surface area contributed by atoms with Gasteiger partial charge in [-0.2, -0.15) is 0 Å². The summed E-state index contributed by atoms with van der Waals surface area (Å²) in [6.07, 6.45) is 4.53. The van der Waals surface area contributed by atoms with E-state index in [1.165, 1.54) is 6.08 Å². The molecule has 6 nitrogen and oxygen atoms in total. The minimum Gasteiger partial charge on any atom is -0.368 e. The first kappa shape index (κ1) is 13.7. The number of nitrogens with two attached hydrogens (primary N) is 1. The van der Waals surface area contributed by atoms with Gasteiger partial charge in [0.05, 0.1) is 11.2 Å². The van der Waals surface area contributed by atoms with Gasteiger partial charge < -0.3 is 11.1 Å². The molecule has 0 saturated heterocycles. The Hall–Kier alpha value is -3.28. The van der Waals surface area contributed by atoms with Crippen molar-refractivity contribution in [3.05, 3.63) is 55.4 Å². The van der Waals surface area contributed by atoms with Crippen LogP contribution in [-0.2, 0) is 4.79 Å². The third kappa shape index (κ3) is 2.76. The fourth-order valence-electron chi connectivity index (χ4n) is 2.06. The van der Waals surface area contributed by atoms with Crippen LogP contribution in [0.15, 0.2) is 55.4 Å². The number of hydrogen-bond acceptors (Lipinski definition) is 5. The summed E-state index contributed by atoms with van der Waals surface area (Å²) in [5.74, 6) is -0.0409. The first-order valence-corrected chi connectivity index (χ1v) is 6.58. The molecule has 0 aliphatic rings. The third-order valence-corrected chi connectivity index (χ3v) is 3.11. The molecule has 0 saturated carbocycles. The summed E-state index contributed by atoms with van der Waals surface area (Å²) in [4.78, 5) is 23.8. The normalized spacial score (nSPS) is 10.4. The molecule has 3 aromatic rings. The van der Waals surface area contributed by atoms with E-state index in [-0.39, 0.29) is 11.9 Å². The van der Waals surface area contributed by atoms with Crippen molar-refractivity contribution in [1.29, 1.82) is 0 Å². The molecule has 0 bridgehead atoms. The van der Waals surface area contributed by atoms with Gasteiger partial charge in [-0.1, -0.05) is 18.7 Å². The van der Waals surface area contributed by atoms with Crippen LogP contribution in [0.2, 0.25) is 0 Å². The summed E-state index contributed by atoms with van der Waals surface area (Å²) in [6, 6.07) is 9.21. The molecule has 0 atom stereocenters. The van der Waals surface area contributed by atoms with Crippen molar-refractivity contribution >= 4 is 28.4 Å². The molecule has 3 rings (SSSR count). The van der Waals surface area contributed by atoms with E-state index in [4.69, 9.17) is 5.73 Å². The Balaban J connectivity index is 2.01. The second kappa shape index (κ2) is 5.61. The van der Waals surface area contributed by atoms with Crippen molar-refractivity contribution in [2.24, 2.45) is 0 Å². The fraction of sp³-hybridized carbons (Fsp3) is 0. The lowest BCUT2D eigenvalue weighted by Gasteiger charge is -2.06. The van der Waals surface area contributed by atoms with Crippen LogP contribution >= 0.6 is 0 Å². The average Bonchev–Trinajstić information content (AvgIpc) is 2.54. The summed E-state index contributed by atoms with van der Waals surface area (Å²) < 4.78 is 0. The number of anilines is 2. The molecule has 0 aliphatic carbocycles. The summed E-state index contributed by atoms with van der Waals surface area (Å²) >= 11 is 0. The topological polar surface area (TPSA) is 93.8 Å².